The van der Waals surface area contributed by atoms with E-state index in [0.29, 0.717) is 24.3 Å². The summed E-state index contributed by atoms with van der Waals surface area (Å²) in [6.45, 7) is 3.07. The molecule has 6 heteroatoms. The fraction of sp³-hybridized carbons (Fsp3) is 0.370. The molecule has 0 fully saturated rings. The number of para-hydroxylation sites is 1. The number of rotatable bonds is 6. The predicted octanol–water partition coefficient (Wildman–Crippen LogP) is 4.51. The zero-order valence-electron chi connectivity index (χ0n) is 19.8. The predicted molar refractivity (Wildman–Crippen MR) is 130 cm³/mol. The second kappa shape index (κ2) is 10.0. The van der Waals surface area contributed by atoms with Crippen molar-refractivity contribution in [1.29, 1.82) is 0 Å². The Kier molecular flexibility index (Phi) is 6.92. The fourth-order valence-corrected chi connectivity index (χ4v) is 4.44. The number of fused-ring (bicyclic) bond motifs is 1. The van der Waals surface area contributed by atoms with E-state index in [9.17, 15) is 9.59 Å². The molecule has 2 aromatic carbocycles. The number of benzene rings is 2. The molecule has 6 nitrogen and oxygen atoms in total. The van der Waals surface area contributed by atoms with Gasteiger partial charge in [-0.3, -0.25) is 9.59 Å². The third-order valence-corrected chi connectivity index (χ3v) is 6.28. The average molecular weight is 445 g/mol. The molecule has 3 aromatic rings. The Hall–Kier alpha value is -3.41. The molecule has 0 N–H and O–H groups in total. The van der Waals surface area contributed by atoms with Crippen molar-refractivity contribution >= 4 is 11.8 Å². The molecule has 0 atom stereocenters. The lowest BCUT2D eigenvalue weighted by Crippen LogP contribution is -2.31. The van der Waals surface area contributed by atoms with Gasteiger partial charge in [0.25, 0.3) is 11.8 Å². The Bertz CT molecular complexity index is 1120. The largest absolute Gasteiger partial charge is 0.345 e. The highest BCUT2D eigenvalue weighted by atomic mass is 16.2. The monoisotopic (exact) mass is 444 g/mol. The highest BCUT2D eigenvalue weighted by molar-refractivity contribution is 5.95. The van der Waals surface area contributed by atoms with E-state index in [2.05, 4.69) is 0 Å². The summed E-state index contributed by atoms with van der Waals surface area (Å²) in [5, 5.41) is 4.85. The van der Waals surface area contributed by atoms with E-state index in [1.54, 1.807) is 19.0 Å². The third kappa shape index (κ3) is 4.85. The van der Waals surface area contributed by atoms with Crippen LogP contribution in [0.1, 0.15) is 63.9 Å². The van der Waals surface area contributed by atoms with Crippen molar-refractivity contribution in [2.75, 3.05) is 20.6 Å². The van der Waals surface area contributed by atoms with Crippen LogP contribution in [0.5, 0.6) is 0 Å². The minimum absolute atomic E-state index is 0.0286. The van der Waals surface area contributed by atoms with Crippen LogP contribution in [-0.2, 0) is 19.4 Å². The normalized spacial score (nSPS) is 13.2. The Morgan fingerprint density at radius 3 is 2.27 bits per heavy atom. The van der Waals surface area contributed by atoms with Crippen molar-refractivity contribution in [3.63, 3.8) is 0 Å². The summed E-state index contributed by atoms with van der Waals surface area (Å²) in [4.78, 5) is 29.2. The second-order valence-corrected chi connectivity index (χ2v) is 8.80. The van der Waals surface area contributed by atoms with Gasteiger partial charge in [-0.05, 0) is 62.4 Å². The van der Waals surface area contributed by atoms with Crippen molar-refractivity contribution in [2.24, 2.45) is 0 Å². The topological polar surface area (TPSA) is 58.4 Å². The Balaban J connectivity index is 1.62. The van der Waals surface area contributed by atoms with Crippen LogP contribution >= 0.6 is 0 Å². The van der Waals surface area contributed by atoms with Gasteiger partial charge < -0.3 is 9.80 Å². The highest BCUT2D eigenvalue weighted by Gasteiger charge is 2.27. The van der Waals surface area contributed by atoms with Crippen LogP contribution in [0.15, 0.2) is 54.6 Å². The summed E-state index contributed by atoms with van der Waals surface area (Å²) in [7, 11) is 3.48. The molecule has 1 aliphatic rings. The van der Waals surface area contributed by atoms with Crippen molar-refractivity contribution < 1.29 is 9.59 Å². The summed E-state index contributed by atoms with van der Waals surface area (Å²) in [5.41, 5.74) is 5.49. The van der Waals surface area contributed by atoms with Gasteiger partial charge in [0.15, 0.2) is 5.69 Å². The van der Waals surface area contributed by atoms with Gasteiger partial charge in [0.05, 0.1) is 5.69 Å². The van der Waals surface area contributed by atoms with Crippen molar-refractivity contribution in [1.82, 2.24) is 19.6 Å². The van der Waals surface area contributed by atoms with E-state index >= 15 is 0 Å². The van der Waals surface area contributed by atoms with Crippen LogP contribution in [-0.4, -0.2) is 52.0 Å². The summed E-state index contributed by atoms with van der Waals surface area (Å²) >= 11 is 0. The molecule has 0 bridgehead atoms. The molecule has 1 aromatic heterocycles. The minimum Gasteiger partial charge on any atom is -0.345 e. The maximum Gasteiger partial charge on any atom is 0.274 e. The van der Waals surface area contributed by atoms with Crippen LogP contribution in [0.3, 0.4) is 0 Å². The average Bonchev–Trinajstić information content (AvgIpc) is 3.03. The zero-order chi connectivity index (χ0) is 23.4. The standard InChI is InChI=1S/C27H32N4O2/c1-4-30(19-20-15-17-21(18-16-20)26(32)29(2)3)27(33)25-23-13-9-6-10-14-24(23)31(28-25)22-11-7-5-8-12-22/h5,7-8,11-12,15-18H,4,6,9-10,13-14,19H2,1-3H3. The summed E-state index contributed by atoms with van der Waals surface area (Å²) in [6.07, 6.45) is 5.21. The van der Waals surface area contributed by atoms with E-state index in [4.69, 9.17) is 5.10 Å². The lowest BCUT2D eigenvalue weighted by molar-refractivity contribution is 0.0744. The molecule has 1 aliphatic carbocycles. The molecule has 2 amide bonds. The second-order valence-electron chi connectivity index (χ2n) is 8.80. The summed E-state index contributed by atoms with van der Waals surface area (Å²) in [5.74, 6) is -0.0575. The first kappa shape index (κ1) is 22.8. The minimum atomic E-state index is -0.0289. The number of aromatic nitrogens is 2. The number of nitrogens with zero attached hydrogens (tertiary/aromatic N) is 4. The van der Waals surface area contributed by atoms with Crippen LogP contribution < -0.4 is 0 Å². The van der Waals surface area contributed by atoms with E-state index in [-0.39, 0.29) is 11.8 Å². The molecule has 0 saturated heterocycles. The van der Waals surface area contributed by atoms with Crippen LogP contribution in [0.4, 0.5) is 0 Å². The smallest absolute Gasteiger partial charge is 0.274 e. The highest BCUT2D eigenvalue weighted by Crippen LogP contribution is 2.27. The van der Waals surface area contributed by atoms with Gasteiger partial charge in [-0.1, -0.05) is 36.8 Å². The van der Waals surface area contributed by atoms with E-state index in [1.165, 1.54) is 12.1 Å². The van der Waals surface area contributed by atoms with Crippen LogP contribution in [0, 0.1) is 0 Å². The van der Waals surface area contributed by atoms with Gasteiger partial charge in [0.1, 0.15) is 0 Å². The molecular weight excluding hydrogens is 412 g/mol. The number of hydrogen-bond acceptors (Lipinski definition) is 3. The number of carbonyl (C=O) groups excluding carboxylic acids is 2. The Morgan fingerprint density at radius 2 is 1.61 bits per heavy atom. The Labute approximate surface area is 195 Å². The van der Waals surface area contributed by atoms with E-state index in [0.717, 1.165) is 42.5 Å². The molecule has 0 spiro atoms. The first-order valence-corrected chi connectivity index (χ1v) is 11.8. The van der Waals surface area contributed by atoms with Crippen molar-refractivity contribution in [3.8, 4) is 5.69 Å². The lowest BCUT2D eigenvalue weighted by Gasteiger charge is -2.21. The van der Waals surface area contributed by atoms with Crippen LogP contribution in [0.25, 0.3) is 5.69 Å². The van der Waals surface area contributed by atoms with Crippen molar-refractivity contribution in [2.45, 2.75) is 45.6 Å². The van der Waals surface area contributed by atoms with Gasteiger partial charge in [-0.2, -0.15) is 5.10 Å². The van der Waals surface area contributed by atoms with Crippen molar-refractivity contribution in [3.05, 3.63) is 82.7 Å². The van der Waals surface area contributed by atoms with Gasteiger partial charge in [0, 0.05) is 44.0 Å². The summed E-state index contributed by atoms with van der Waals surface area (Å²) < 4.78 is 1.98. The van der Waals surface area contributed by atoms with Crippen LogP contribution in [0.2, 0.25) is 0 Å². The number of amides is 2. The van der Waals surface area contributed by atoms with E-state index < -0.39 is 0 Å². The number of carbonyl (C=O) groups is 2. The van der Waals surface area contributed by atoms with Gasteiger partial charge >= 0.3 is 0 Å². The molecule has 0 aliphatic heterocycles. The molecule has 0 saturated carbocycles. The third-order valence-electron chi connectivity index (χ3n) is 6.28. The maximum absolute atomic E-state index is 13.7. The molecule has 1 heterocycles. The zero-order valence-corrected chi connectivity index (χ0v) is 19.8. The molecule has 4 rings (SSSR count). The summed E-state index contributed by atoms with van der Waals surface area (Å²) in [6, 6.07) is 17.6. The van der Waals surface area contributed by atoms with E-state index in [1.807, 2.05) is 71.1 Å². The molecule has 0 unspecified atom stereocenters. The molecule has 33 heavy (non-hydrogen) atoms. The maximum atomic E-state index is 13.7. The van der Waals surface area contributed by atoms with Gasteiger partial charge in [0.2, 0.25) is 0 Å². The lowest BCUT2D eigenvalue weighted by atomic mass is 10.1. The molecule has 0 radical (unpaired) electrons. The molecular formula is C27H32N4O2. The first-order chi connectivity index (χ1) is 16.0. The van der Waals surface area contributed by atoms with Gasteiger partial charge in [-0.25, -0.2) is 4.68 Å². The quantitative estimate of drug-likeness (QED) is 0.526. The van der Waals surface area contributed by atoms with Gasteiger partial charge in [-0.15, -0.1) is 0 Å². The SMILES string of the molecule is CCN(Cc1ccc(C(=O)N(C)C)cc1)C(=O)c1nn(-c2ccccc2)c2c1CCCCC2. The Morgan fingerprint density at radius 1 is 0.909 bits per heavy atom. The fourth-order valence-electron chi connectivity index (χ4n) is 4.44. The first-order valence-electron chi connectivity index (χ1n) is 11.8. The number of hydrogen-bond donors (Lipinski definition) is 0. The molecule has 172 valence electrons.